The lowest BCUT2D eigenvalue weighted by Crippen LogP contribution is -2.38. The molecule has 0 radical (unpaired) electrons. The summed E-state index contributed by atoms with van der Waals surface area (Å²) in [7, 11) is 1.59. The maximum atomic E-state index is 9.07. The van der Waals surface area contributed by atoms with Gasteiger partial charge in [0, 0.05) is 6.04 Å². The van der Waals surface area contributed by atoms with Crippen molar-refractivity contribution in [3.63, 3.8) is 0 Å². The Morgan fingerprint density at radius 1 is 1.44 bits per heavy atom. The van der Waals surface area contributed by atoms with Gasteiger partial charge in [-0.2, -0.15) is 5.26 Å². The van der Waals surface area contributed by atoms with Crippen LogP contribution in [0.1, 0.15) is 24.8 Å². The molecule has 0 bridgehead atoms. The van der Waals surface area contributed by atoms with Crippen molar-refractivity contribution >= 4 is 0 Å². The highest BCUT2D eigenvalue weighted by molar-refractivity contribution is 5.52. The van der Waals surface area contributed by atoms with Gasteiger partial charge in [0.2, 0.25) is 0 Å². The summed E-state index contributed by atoms with van der Waals surface area (Å²) in [6, 6.07) is 7.85. The van der Waals surface area contributed by atoms with Gasteiger partial charge in [-0.25, -0.2) is 0 Å². The lowest BCUT2D eigenvalue weighted by atomic mass is 10.1. The monoisotopic (exact) mass is 246 g/mol. The van der Waals surface area contributed by atoms with E-state index in [9.17, 15) is 0 Å². The topological polar surface area (TPSA) is 54.3 Å². The Labute approximate surface area is 108 Å². The number of hydrogen-bond acceptors (Lipinski definition) is 4. The minimum atomic E-state index is 0.371. The summed E-state index contributed by atoms with van der Waals surface area (Å²) in [5.41, 5.74) is 0.519. The Bertz CT molecular complexity index is 434. The van der Waals surface area contributed by atoms with Gasteiger partial charge in [-0.1, -0.05) is 12.5 Å². The number of piperidine rings is 1. The Hall–Kier alpha value is -1.73. The average Bonchev–Trinajstić information content (AvgIpc) is 2.45. The second kappa shape index (κ2) is 6.27. The molecule has 1 N–H and O–H groups in total. The third-order valence-corrected chi connectivity index (χ3v) is 3.16. The van der Waals surface area contributed by atoms with E-state index in [1.165, 1.54) is 12.8 Å². The summed E-state index contributed by atoms with van der Waals surface area (Å²) in [5, 5.41) is 12.5. The maximum absolute atomic E-state index is 9.07. The van der Waals surface area contributed by atoms with Gasteiger partial charge in [0.15, 0.2) is 11.5 Å². The molecule has 1 aromatic rings. The van der Waals surface area contributed by atoms with E-state index in [1.54, 1.807) is 19.2 Å². The molecule has 0 aliphatic carbocycles. The quantitative estimate of drug-likeness (QED) is 0.883. The smallest absolute Gasteiger partial charge is 0.178 e. The average molecular weight is 246 g/mol. The molecule has 96 valence electrons. The largest absolute Gasteiger partial charge is 0.493 e. The highest BCUT2D eigenvalue weighted by Crippen LogP contribution is 2.30. The van der Waals surface area contributed by atoms with E-state index in [0.29, 0.717) is 29.7 Å². The van der Waals surface area contributed by atoms with Crippen LogP contribution in [0.4, 0.5) is 0 Å². The summed E-state index contributed by atoms with van der Waals surface area (Å²) in [6.07, 6.45) is 3.59. The summed E-state index contributed by atoms with van der Waals surface area (Å²) in [5.74, 6) is 1.17. The number of methoxy groups -OCH3 is 1. The molecule has 2 rings (SSSR count). The number of para-hydroxylation sites is 1. The summed E-state index contributed by atoms with van der Waals surface area (Å²) in [4.78, 5) is 0. The normalized spacial score (nSPS) is 19.0. The summed E-state index contributed by atoms with van der Waals surface area (Å²) < 4.78 is 11.0. The van der Waals surface area contributed by atoms with Crippen molar-refractivity contribution in [3.8, 4) is 17.6 Å². The lowest BCUT2D eigenvalue weighted by Gasteiger charge is -2.24. The molecule has 1 fully saturated rings. The molecular formula is C14H18N2O2. The molecule has 0 amide bonds. The van der Waals surface area contributed by atoms with Crippen LogP contribution in [0.3, 0.4) is 0 Å². The third-order valence-electron chi connectivity index (χ3n) is 3.16. The molecule has 1 aliphatic heterocycles. The van der Waals surface area contributed by atoms with Crippen molar-refractivity contribution in [3.05, 3.63) is 23.8 Å². The highest BCUT2D eigenvalue weighted by atomic mass is 16.5. The molecule has 4 heteroatoms. The predicted molar refractivity (Wildman–Crippen MR) is 68.8 cm³/mol. The number of rotatable bonds is 4. The van der Waals surface area contributed by atoms with Crippen molar-refractivity contribution in [1.29, 1.82) is 5.26 Å². The van der Waals surface area contributed by atoms with E-state index in [4.69, 9.17) is 14.7 Å². The molecule has 1 heterocycles. The first kappa shape index (κ1) is 12.7. The molecule has 0 spiro atoms. The fourth-order valence-electron chi connectivity index (χ4n) is 2.16. The second-order valence-corrected chi connectivity index (χ2v) is 4.41. The number of benzene rings is 1. The number of nitrogens with zero attached hydrogens (tertiary/aromatic N) is 1. The predicted octanol–water partition coefficient (Wildman–Crippen LogP) is 2.09. The summed E-state index contributed by atoms with van der Waals surface area (Å²) >= 11 is 0. The van der Waals surface area contributed by atoms with Crippen molar-refractivity contribution in [2.75, 3.05) is 20.3 Å². The van der Waals surface area contributed by atoms with Crippen LogP contribution in [-0.4, -0.2) is 26.3 Å². The molecule has 0 aromatic heterocycles. The van der Waals surface area contributed by atoms with Gasteiger partial charge in [-0.15, -0.1) is 0 Å². The molecule has 1 atom stereocenters. The van der Waals surface area contributed by atoms with Crippen LogP contribution in [0.5, 0.6) is 11.5 Å². The molecule has 1 unspecified atom stereocenters. The molecule has 1 aromatic carbocycles. The van der Waals surface area contributed by atoms with Crippen LogP contribution in [0, 0.1) is 11.3 Å². The maximum Gasteiger partial charge on any atom is 0.178 e. The van der Waals surface area contributed by atoms with E-state index in [-0.39, 0.29) is 0 Å². The van der Waals surface area contributed by atoms with Crippen LogP contribution in [0.15, 0.2) is 18.2 Å². The third kappa shape index (κ3) is 2.93. The lowest BCUT2D eigenvalue weighted by molar-refractivity contribution is 0.230. The fraction of sp³-hybridized carbons (Fsp3) is 0.500. The van der Waals surface area contributed by atoms with Crippen molar-refractivity contribution < 1.29 is 9.47 Å². The van der Waals surface area contributed by atoms with Crippen LogP contribution in [-0.2, 0) is 0 Å². The van der Waals surface area contributed by atoms with Gasteiger partial charge in [0.1, 0.15) is 12.7 Å². The van der Waals surface area contributed by atoms with Crippen LogP contribution >= 0.6 is 0 Å². The zero-order valence-electron chi connectivity index (χ0n) is 10.6. The number of nitriles is 1. The molecular weight excluding hydrogens is 228 g/mol. The van der Waals surface area contributed by atoms with Crippen molar-refractivity contribution in [2.24, 2.45) is 0 Å². The fourth-order valence-corrected chi connectivity index (χ4v) is 2.16. The van der Waals surface area contributed by atoms with Crippen molar-refractivity contribution in [2.45, 2.75) is 25.3 Å². The van der Waals surface area contributed by atoms with Gasteiger partial charge in [0.05, 0.1) is 12.7 Å². The molecule has 1 aliphatic rings. The molecule has 18 heavy (non-hydrogen) atoms. The van der Waals surface area contributed by atoms with Crippen LogP contribution < -0.4 is 14.8 Å². The van der Waals surface area contributed by atoms with E-state index in [2.05, 4.69) is 11.4 Å². The Kier molecular flexibility index (Phi) is 4.43. The van der Waals surface area contributed by atoms with Gasteiger partial charge < -0.3 is 14.8 Å². The second-order valence-electron chi connectivity index (χ2n) is 4.41. The van der Waals surface area contributed by atoms with E-state index >= 15 is 0 Å². The molecule has 4 nitrogen and oxygen atoms in total. The van der Waals surface area contributed by atoms with E-state index in [0.717, 1.165) is 13.0 Å². The zero-order valence-corrected chi connectivity index (χ0v) is 10.6. The van der Waals surface area contributed by atoms with Crippen LogP contribution in [0.25, 0.3) is 0 Å². The Morgan fingerprint density at radius 2 is 2.33 bits per heavy atom. The van der Waals surface area contributed by atoms with Crippen molar-refractivity contribution in [1.82, 2.24) is 5.32 Å². The number of hydrogen-bond donors (Lipinski definition) is 1. The first-order chi connectivity index (χ1) is 8.85. The minimum Gasteiger partial charge on any atom is -0.493 e. The van der Waals surface area contributed by atoms with Gasteiger partial charge in [0.25, 0.3) is 0 Å². The minimum absolute atomic E-state index is 0.371. The standard InChI is InChI=1S/C14H18N2O2/c1-17-13-7-4-5-11(9-15)14(13)18-10-12-6-2-3-8-16-12/h4-5,7,12,16H,2-3,6,8,10H2,1H3. The number of nitrogens with one attached hydrogen (secondary N) is 1. The highest BCUT2D eigenvalue weighted by Gasteiger charge is 2.16. The van der Waals surface area contributed by atoms with E-state index in [1.807, 2.05) is 6.07 Å². The zero-order chi connectivity index (χ0) is 12.8. The first-order valence-corrected chi connectivity index (χ1v) is 6.28. The molecule has 1 saturated heterocycles. The van der Waals surface area contributed by atoms with Gasteiger partial charge in [-0.3, -0.25) is 0 Å². The first-order valence-electron chi connectivity index (χ1n) is 6.28. The van der Waals surface area contributed by atoms with Crippen LogP contribution in [0.2, 0.25) is 0 Å². The number of ether oxygens (including phenoxy) is 2. The SMILES string of the molecule is COc1cccc(C#N)c1OCC1CCCCN1. The summed E-state index contributed by atoms with van der Waals surface area (Å²) in [6.45, 7) is 1.63. The van der Waals surface area contributed by atoms with Gasteiger partial charge >= 0.3 is 0 Å². The van der Waals surface area contributed by atoms with E-state index < -0.39 is 0 Å². The van der Waals surface area contributed by atoms with Gasteiger partial charge in [-0.05, 0) is 31.5 Å². The Morgan fingerprint density at radius 3 is 3.00 bits per heavy atom. The molecule has 0 saturated carbocycles. The Balaban J connectivity index is 2.05.